The van der Waals surface area contributed by atoms with Gasteiger partial charge in [0.25, 0.3) is 0 Å². The Morgan fingerprint density at radius 3 is 2.26 bits per heavy atom. The second-order valence-corrected chi connectivity index (χ2v) is 9.46. The number of rotatable bonds is 12. The molecule has 0 aromatic rings. The maximum absolute atomic E-state index is 11.2. The van der Waals surface area contributed by atoms with Gasteiger partial charge in [0.15, 0.2) is 24.9 Å². The lowest BCUT2D eigenvalue weighted by Gasteiger charge is -2.45. The summed E-state index contributed by atoms with van der Waals surface area (Å²) in [4.78, 5) is 11.2. The van der Waals surface area contributed by atoms with Crippen LogP contribution in [-0.2, 0) is 42.0 Å². The lowest BCUT2D eigenvalue weighted by atomic mass is 9.83. The Bertz CT molecular complexity index is 818. The molecule has 2 saturated heterocycles. The Labute approximate surface area is 225 Å². The summed E-state index contributed by atoms with van der Waals surface area (Å²) in [6.07, 6.45) is -15.2. The fourth-order valence-corrected chi connectivity index (χ4v) is 4.69. The van der Waals surface area contributed by atoms with Crippen molar-refractivity contribution in [1.29, 1.82) is 0 Å². The number of aliphatic carboxylic acids is 1. The van der Waals surface area contributed by atoms with Crippen molar-refractivity contribution < 1.29 is 88.1 Å². The van der Waals surface area contributed by atoms with Crippen LogP contribution in [0.15, 0.2) is 11.8 Å². The SMILES string of the molecule is CC1OC(OCC2C(O)C(CO)OC(O)C2COC2OC(C(=O)O)=CC(O)C2O)C(O)C(OSOOO)C1O. The molecule has 3 rings (SSSR count). The van der Waals surface area contributed by atoms with E-state index in [0.717, 1.165) is 6.08 Å². The lowest BCUT2D eigenvalue weighted by Crippen LogP contribution is -2.59. The minimum absolute atomic E-state index is 0.116. The fraction of sp³-hybridized carbons (Fsp3) is 0.850. The van der Waals surface area contributed by atoms with Crippen molar-refractivity contribution in [3.8, 4) is 0 Å². The number of carboxylic acids is 1. The Hall–Kier alpha value is -1.24. The van der Waals surface area contributed by atoms with Gasteiger partial charge in [0.2, 0.25) is 12.0 Å². The maximum Gasteiger partial charge on any atom is 0.371 e. The van der Waals surface area contributed by atoms with Gasteiger partial charge < -0.3 is 64.5 Å². The highest BCUT2D eigenvalue weighted by Gasteiger charge is 2.49. The molecule has 3 aliphatic rings. The van der Waals surface area contributed by atoms with Gasteiger partial charge in [-0.05, 0) is 13.0 Å². The molecule has 13 atom stereocenters. The third-order valence-corrected chi connectivity index (χ3v) is 6.95. The van der Waals surface area contributed by atoms with Gasteiger partial charge in [-0.25, -0.2) is 10.1 Å². The summed E-state index contributed by atoms with van der Waals surface area (Å²) < 4.78 is 36.0. The average molecular weight is 593 g/mol. The van der Waals surface area contributed by atoms with E-state index < -0.39 is 111 Å². The first-order valence-corrected chi connectivity index (χ1v) is 12.3. The first-order chi connectivity index (χ1) is 18.5. The maximum atomic E-state index is 11.2. The molecule has 9 N–H and O–H groups in total. The topological polar surface area (TPSA) is 273 Å². The predicted octanol–water partition coefficient (Wildman–Crippen LogP) is -3.79. The number of ether oxygens (including phenoxy) is 5. The Kier molecular flexibility index (Phi) is 12.1. The van der Waals surface area contributed by atoms with Gasteiger partial charge >= 0.3 is 5.97 Å². The molecule has 3 heterocycles. The summed E-state index contributed by atoms with van der Waals surface area (Å²) >= 11 is 0.116. The van der Waals surface area contributed by atoms with Crippen LogP contribution in [0.4, 0.5) is 0 Å². The molecule has 0 spiro atoms. The molecule has 18 nitrogen and oxygen atoms in total. The van der Waals surface area contributed by atoms with Crippen molar-refractivity contribution in [3.63, 3.8) is 0 Å². The van der Waals surface area contributed by atoms with Crippen molar-refractivity contribution in [2.45, 2.75) is 74.6 Å². The smallest absolute Gasteiger partial charge is 0.371 e. The van der Waals surface area contributed by atoms with Crippen LogP contribution in [0.1, 0.15) is 6.92 Å². The Morgan fingerprint density at radius 2 is 1.62 bits per heavy atom. The summed E-state index contributed by atoms with van der Waals surface area (Å²) in [7, 11) is 0. The molecular formula is C20H32O18S. The van der Waals surface area contributed by atoms with E-state index in [-0.39, 0.29) is 12.3 Å². The van der Waals surface area contributed by atoms with Crippen LogP contribution < -0.4 is 0 Å². The number of carboxylic acid groups (broad SMARTS) is 1. The minimum atomic E-state index is -1.69. The van der Waals surface area contributed by atoms with E-state index in [2.05, 4.69) is 9.37 Å². The van der Waals surface area contributed by atoms with Crippen LogP contribution in [0.5, 0.6) is 0 Å². The molecule has 0 amide bonds. The van der Waals surface area contributed by atoms with E-state index in [1.807, 2.05) is 0 Å². The molecule has 3 aliphatic heterocycles. The quantitative estimate of drug-likeness (QED) is 0.0455. The van der Waals surface area contributed by atoms with Crippen LogP contribution in [0.3, 0.4) is 0 Å². The molecule has 0 aliphatic carbocycles. The van der Waals surface area contributed by atoms with Gasteiger partial charge in [-0.1, -0.05) is 5.04 Å². The molecule has 39 heavy (non-hydrogen) atoms. The van der Waals surface area contributed by atoms with Gasteiger partial charge in [-0.3, -0.25) is 4.18 Å². The summed E-state index contributed by atoms with van der Waals surface area (Å²) in [6, 6.07) is 0. The first-order valence-electron chi connectivity index (χ1n) is 11.7. The molecular weight excluding hydrogens is 560 g/mol. The predicted molar refractivity (Wildman–Crippen MR) is 119 cm³/mol. The monoisotopic (exact) mass is 592 g/mol. The van der Waals surface area contributed by atoms with Crippen LogP contribution in [0.25, 0.3) is 0 Å². The number of aliphatic hydroxyl groups is 7. The number of hydrogen-bond donors (Lipinski definition) is 9. The van der Waals surface area contributed by atoms with E-state index in [0.29, 0.717) is 0 Å². The zero-order valence-electron chi connectivity index (χ0n) is 20.3. The van der Waals surface area contributed by atoms with Gasteiger partial charge in [0, 0.05) is 11.8 Å². The molecule has 0 aromatic heterocycles. The number of carbonyl (C=O) groups is 1. The van der Waals surface area contributed by atoms with Crippen molar-refractivity contribution in [1.82, 2.24) is 0 Å². The normalized spacial score (nSPS) is 43.0. The molecule has 0 saturated carbocycles. The van der Waals surface area contributed by atoms with Gasteiger partial charge in [-0.15, -0.1) is 4.33 Å². The van der Waals surface area contributed by atoms with Crippen LogP contribution in [0, 0.1) is 11.8 Å². The van der Waals surface area contributed by atoms with E-state index in [1.165, 1.54) is 6.92 Å². The number of aliphatic hydroxyl groups excluding tert-OH is 7. The minimum Gasteiger partial charge on any atom is -0.475 e. The summed E-state index contributed by atoms with van der Waals surface area (Å²) in [6.45, 7) is -0.191. The average Bonchev–Trinajstić information content (AvgIpc) is 2.90. The van der Waals surface area contributed by atoms with Crippen LogP contribution in [0.2, 0.25) is 0 Å². The summed E-state index contributed by atoms with van der Waals surface area (Å²) in [5, 5.41) is 92.5. The van der Waals surface area contributed by atoms with E-state index in [1.54, 1.807) is 0 Å². The molecule has 13 unspecified atom stereocenters. The van der Waals surface area contributed by atoms with Gasteiger partial charge in [0.05, 0.1) is 32.0 Å². The summed E-state index contributed by atoms with van der Waals surface area (Å²) in [5.74, 6) is -4.39. The highest BCUT2D eigenvalue weighted by atomic mass is 32.2. The second-order valence-electron chi connectivity index (χ2n) is 9.00. The zero-order valence-corrected chi connectivity index (χ0v) is 21.1. The second kappa shape index (κ2) is 14.6. The highest BCUT2D eigenvalue weighted by Crippen LogP contribution is 2.34. The molecule has 0 radical (unpaired) electrons. The number of hydrogen-bond acceptors (Lipinski definition) is 18. The Morgan fingerprint density at radius 1 is 0.949 bits per heavy atom. The largest absolute Gasteiger partial charge is 0.475 e. The van der Waals surface area contributed by atoms with Crippen LogP contribution in [-0.4, -0.2) is 140 Å². The molecule has 0 aromatic carbocycles. The van der Waals surface area contributed by atoms with Crippen molar-refractivity contribution >= 4 is 18.3 Å². The van der Waals surface area contributed by atoms with Crippen LogP contribution >= 0.6 is 12.3 Å². The highest BCUT2D eigenvalue weighted by molar-refractivity contribution is 7.89. The van der Waals surface area contributed by atoms with Crippen molar-refractivity contribution in [2.75, 3.05) is 19.8 Å². The lowest BCUT2D eigenvalue weighted by molar-refractivity contribution is -0.435. The molecule has 226 valence electrons. The van der Waals surface area contributed by atoms with Gasteiger partial charge in [0.1, 0.15) is 36.6 Å². The third kappa shape index (κ3) is 7.74. The van der Waals surface area contributed by atoms with E-state index >= 15 is 0 Å². The Balaban J connectivity index is 1.69. The molecule has 0 bridgehead atoms. The standard InChI is InChI=1S/C20H32O18S/c1-6-12(23)16(36-39-38-37-30)15(26)20(33-6)31-4-7-8(18(29)34-11(3-21)13(7)24)5-32-19-14(25)9(22)2-10(35-19)17(27)28/h2,6-9,11-16,18-26,29-30H,3-5H2,1H3,(H,27,28). The van der Waals surface area contributed by atoms with Crippen molar-refractivity contribution in [3.05, 3.63) is 11.8 Å². The summed E-state index contributed by atoms with van der Waals surface area (Å²) in [5.41, 5.74) is 0. The third-order valence-electron chi connectivity index (χ3n) is 6.53. The van der Waals surface area contributed by atoms with E-state index in [4.69, 9.17) is 38.2 Å². The zero-order chi connectivity index (χ0) is 28.9. The fourth-order valence-electron chi connectivity index (χ4n) is 4.32. The van der Waals surface area contributed by atoms with Crippen molar-refractivity contribution in [2.24, 2.45) is 11.8 Å². The molecule has 2 fully saturated rings. The van der Waals surface area contributed by atoms with E-state index in [9.17, 15) is 40.5 Å². The molecule has 19 heteroatoms. The van der Waals surface area contributed by atoms with Gasteiger partial charge in [-0.2, -0.15) is 0 Å². The first kappa shape index (κ1) is 32.3.